The molecule has 3 rings (SSSR count). The van der Waals surface area contributed by atoms with E-state index >= 15 is 0 Å². The van der Waals surface area contributed by atoms with E-state index in [4.69, 9.17) is 9.47 Å². The highest BCUT2D eigenvalue weighted by atomic mass is 19.4. The van der Waals surface area contributed by atoms with Gasteiger partial charge in [0.2, 0.25) is 0 Å². The van der Waals surface area contributed by atoms with Crippen molar-refractivity contribution in [3.05, 3.63) is 59.2 Å². The number of methoxy groups -OCH3 is 1. The predicted octanol–water partition coefficient (Wildman–Crippen LogP) is 6.19. The lowest BCUT2D eigenvalue weighted by molar-refractivity contribution is -0.138. The Morgan fingerprint density at radius 1 is 1.06 bits per heavy atom. The second-order valence-electron chi connectivity index (χ2n) is 8.87. The Balaban J connectivity index is 1.89. The van der Waals surface area contributed by atoms with Crippen molar-refractivity contribution in [2.45, 2.75) is 70.8 Å². The molecule has 1 aliphatic rings. The molecule has 0 saturated heterocycles. The number of nitrogens with one attached hydrogen (secondary N) is 1. The summed E-state index contributed by atoms with van der Waals surface area (Å²) in [6.07, 6.45) is -0.235. The van der Waals surface area contributed by atoms with Gasteiger partial charge in [-0.2, -0.15) is 13.2 Å². The second kappa shape index (κ2) is 11.5. The summed E-state index contributed by atoms with van der Waals surface area (Å²) >= 11 is 0. The van der Waals surface area contributed by atoms with Crippen LogP contribution in [0.4, 0.5) is 18.0 Å². The summed E-state index contributed by atoms with van der Waals surface area (Å²) in [5.74, 6) is -1.34. The Hall–Kier alpha value is -3.23. The number of imide groups is 1. The summed E-state index contributed by atoms with van der Waals surface area (Å²) < 4.78 is 52.3. The second-order valence-corrected chi connectivity index (χ2v) is 8.87. The van der Waals surface area contributed by atoms with Gasteiger partial charge in [-0.1, -0.05) is 49.6 Å². The molecule has 0 heterocycles. The van der Waals surface area contributed by atoms with E-state index in [2.05, 4.69) is 5.32 Å². The van der Waals surface area contributed by atoms with Gasteiger partial charge in [-0.3, -0.25) is 10.1 Å². The normalized spacial score (nSPS) is 14.5. The quantitative estimate of drug-likeness (QED) is 0.501. The van der Waals surface area contributed by atoms with Gasteiger partial charge >= 0.3 is 12.2 Å². The number of benzene rings is 2. The minimum atomic E-state index is -4.85. The maximum Gasteiger partial charge on any atom is 0.417 e. The number of urea groups is 1. The van der Waals surface area contributed by atoms with E-state index in [-0.39, 0.29) is 30.2 Å². The summed E-state index contributed by atoms with van der Waals surface area (Å²) in [4.78, 5) is 27.6. The molecule has 0 radical (unpaired) electrons. The Morgan fingerprint density at radius 3 is 2.29 bits per heavy atom. The average Bonchev–Trinajstić information content (AvgIpc) is 2.82. The van der Waals surface area contributed by atoms with Gasteiger partial charge in [0.1, 0.15) is 6.61 Å². The number of hydrogen-bond donors (Lipinski definition) is 1. The molecular formula is C26H31F3N2O4. The van der Waals surface area contributed by atoms with Crippen molar-refractivity contribution in [2.75, 3.05) is 7.11 Å². The predicted molar refractivity (Wildman–Crippen MR) is 125 cm³/mol. The van der Waals surface area contributed by atoms with Crippen LogP contribution >= 0.6 is 0 Å². The molecule has 1 saturated carbocycles. The zero-order valence-corrected chi connectivity index (χ0v) is 20.2. The molecule has 2 aromatic rings. The maximum absolute atomic E-state index is 13.9. The first kappa shape index (κ1) is 26.4. The van der Waals surface area contributed by atoms with Crippen LogP contribution in [-0.2, 0) is 12.8 Å². The molecule has 9 heteroatoms. The zero-order chi connectivity index (χ0) is 25.6. The standard InChI is InChI=1S/C26H31F3N2O4/c1-17(2)31(19-12-8-5-9-13-19)25(33)30-24(32)20-14-23(35-16-18-10-6-4-7-11-18)22(34-3)15-21(20)26(27,28)29/h4,6-7,10-11,14-15,17,19H,5,8-9,12-13,16H2,1-3H3,(H,30,32,33). The van der Waals surface area contributed by atoms with Crippen LogP contribution in [0.5, 0.6) is 11.5 Å². The van der Waals surface area contributed by atoms with Gasteiger partial charge in [0.15, 0.2) is 11.5 Å². The summed E-state index contributed by atoms with van der Waals surface area (Å²) in [5, 5.41) is 2.18. The maximum atomic E-state index is 13.9. The third kappa shape index (κ3) is 6.68. The average molecular weight is 493 g/mol. The number of hydrogen-bond acceptors (Lipinski definition) is 4. The van der Waals surface area contributed by atoms with Gasteiger partial charge in [0.05, 0.1) is 18.2 Å². The van der Waals surface area contributed by atoms with Crippen LogP contribution in [0.2, 0.25) is 0 Å². The fraction of sp³-hybridized carbons (Fsp3) is 0.462. The van der Waals surface area contributed by atoms with E-state index in [0.717, 1.165) is 49.8 Å². The monoisotopic (exact) mass is 492 g/mol. The highest BCUT2D eigenvalue weighted by Gasteiger charge is 2.38. The molecule has 1 N–H and O–H groups in total. The van der Waals surface area contributed by atoms with Gasteiger partial charge in [0.25, 0.3) is 5.91 Å². The van der Waals surface area contributed by atoms with E-state index in [0.29, 0.717) is 0 Å². The summed E-state index contributed by atoms with van der Waals surface area (Å²) in [7, 11) is 1.22. The smallest absolute Gasteiger partial charge is 0.417 e. The molecule has 6 nitrogen and oxygen atoms in total. The molecule has 0 bridgehead atoms. The molecule has 0 unspecified atom stereocenters. The number of rotatable bonds is 7. The van der Waals surface area contributed by atoms with Crippen molar-refractivity contribution in [1.29, 1.82) is 0 Å². The Labute approximate surface area is 203 Å². The van der Waals surface area contributed by atoms with Crippen LogP contribution in [0.1, 0.15) is 67.4 Å². The third-order valence-electron chi connectivity index (χ3n) is 6.07. The molecule has 1 fully saturated rings. The third-order valence-corrected chi connectivity index (χ3v) is 6.07. The molecule has 190 valence electrons. The van der Waals surface area contributed by atoms with E-state index in [1.807, 2.05) is 19.9 Å². The number of carbonyl (C=O) groups is 2. The largest absolute Gasteiger partial charge is 0.493 e. The van der Waals surface area contributed by atoms with Crippen molar-refractivity contribution >= 4 is 11.9 Å². The number of amides is 3. The first-order valence-corrected chi connectivity index (χ1v) is 11.7. The van der Waals surface area contributed by atoms with Gasteiger partial charge in [-0.15, -0.1) is 0 Å². The topological polar surface area (TPSA) is 67.9 Å². The molecule has 35 heavy (non-hydrogen) atoms. The molecule has 3 amide bonds. The van der Waals surface area contributed by atoms with Crippen molar-refractivity contribution in [1.82, 2.24) is 10.2 Å². The number of halogens is 3. The van der Waals surface area contributed by atoms with E-state index in [9.17, 15) is 22.8 Å². The van der Waals surface area contributed by atoms with Gasteiger partial charge in [0, 0.05) is 12.1 Å². The molecule has 0 atom stereocenters. The number of nitrogens with zero attached hydrogens (tertiary/aromatic N) is 1. The lowest BCUT2D eigenvalue weighted by Gasteiger charge is -2.37. The van der Waals surface area contributed by atoms with Crippen molar-refractivity contribution in [2.24, 2.45) is 0 Å². The van der Waals surface area contributed by atoms with Crippen LogP contribution in [0.25, 0.3) is 0 Å². The van der Waals surface area contributed by atoms with Crippen LogP contribution in [0.15, 0.2) is 42.5 Å². The number of ether oxygens (including phenoxy) is 2. The van der Waals surface area contributed by atoms with Crippen molar-refractivity contribution in [3.63, 3.8) is 0 Å². The Morgan fingerprint density at radius 2 is 1.71 bits per heavy atom. The van der Waals surface area contributed by atoms with E-state index in [1.165, 1.54) is 7.11 Å². The minimum Gasteiger partial charge on any atom is -0.493 e. The Bertz CT molecular complexity index is 1020. The fourth-order valence-corrected chi connectivity index (χ4v) is 4.40. The van der Waals surface area contributed by atoms with E-state index in [1.54, 1.807) is 29.2 Å². The van der Waals surface area contributed by atoms with Gasteiger partial charge in [-0.05, 0) is 44.4 Å². The highest BCUT2D eigenvalue weighted by molar-refractivity contribution is 6.05. The van der Waals surface area contributed by atoms with Gasteiger partial charge in [-0.25, -0.2) is 4.79 Å². The minimum absolute atomic E-state index is 0.0325. The Kier molecular flexibility index (Phi) is 8.64. The van der Waals surface area contributed by atoms with Gasteiger partial charge < -0.3 is 14.4 Å². The van der Waals surface area contributed by atoms with Crippen molar-refractivity contribution in [3.8, 4) is 11.5 Å². The first-order valence-electron chi connectivity index (χ1n) is 11.7. The summed E-state index contributed by atoms with van der Waals surface area (Å²) in [6, 6.07) is 9.77. The summed E-state index contributed by atoms with van der Waals surface area (Å²) in [6.45, 7) is 3.71. The van der Waals surface area contributed by atoms with Crippen LogP contribution in [0, 0.1) is 0 Å². The van der Waals surface area contributed by atoms with Crippen LogP contribution in [-0.4, -0.2) is 36.0 Å². The zero-order valence-electron chi connectivity index (χ0n) is 20.2. The number of carbonyl (C=O) groups excluding carboxylic acids is 2. The molecule has 0 aliphatic heterocycles. The molecule has 2 aromatic carbocycles. The van der Waals surface area contributed by atoms with Crippen LogP contribution in [0.3, 0.4) is 0 Å². The number of alkyl halides is 3. The molecular weight excluding hydrogens is 461 g/mol. The van der Waals surface area contributed by atoms with E-state index < -0.39 is 29.2 Å². The molecule has 1 aliphatic carbocycles. The lowest BCUT2D eigenvalue weighted by atomic mass is 9.93. The first-order chi connectivity index (χ1) is 16.6. The van der Waals surface area contributed by atoms with Crippen molar-refractivity contribution < 1.29 is 32.2 Å². The lowest BCUT2D eigenvalue weighted by Crippen LogP contribution is -2.51. The van der Waals surface area contributed by atoms with Crippen LogP contribution < -0.4 is 14.8 Å². The highest BCUT2D eigenvalue weighted by Crippen LogP contribution is 2.39. The SMILES string of the molecule is COc1cc(C(F)(F)F)c(C(=O)NC(=O)N(C(C)C)C2CCCCC2)cc1OCc1ccccc1. The molecule has 0 spiro atoms. The fourth-order valence-electron chi connectivity index (χ4n) is 4.40. The molecule has 0 aromatic heterocycles. The summed E-state index contributed by atoms with van der Waals surface area (Å²) in [5.41, 5.74) is -1.13.